The molecule has 0 unspecified atom stereocenters. The summed E-state index contributed by atoms with van der Waals surface area (Å²) in [6, 6.07) is -0.467. The van der Waals surface area contributed by atoms with Crippen LogP contribution in [0.3, 0.4) is 0 Å². The normalized spacial score (nSPS) is 40.2. The molecule has 0 aliphatic carbocycles. The lowest BCUT2D eigenvalue weighted by molar-refractivity contribution is 0.0176. The Morgan fingerprint density at radius 3 is 2.08 bits per heavy atom. The van der Waals surface area contributed by atoms with Gasteiger partial charge in [0, 0.05) is 6.04 Å². The summed E-state index contributed by atoms with van der Waals surface area (Å²) >= 11 is 0. The molecule has 0 aromatic carbocycles. The zero-order valence-electron chi connectivity index (χ0n) is 8.14. The van der Waals surface area contributed by atoms with Gasteiger partial charge in [-0.25, -0.2) is 0 Å². The third kappa shape index (κ3) is 2.40. The fraction of sp³-hybridized carbons (Fsp3) is 1.00. The molecule has 0 aromatic rings. The minimum atomic E-state index is -0.839. The first-order valence-electron chi connectivity index (χ1n) is 4.79. The van der Waals surface area contributed by atoms with Crippen molar-refractivity contribution in [2.75, 3.05) is 6.61 Å². The van der Waals surface area contributed by atoms with Gasteiger partial charge in [0.1, 0.15) is 0 Å². The van der Waals surface area contributed by atoms with Crippen molar-refractivity contribution in [1.29, 1.82) is 0 Å². The second-order valence-corrected chi connectivity index (χ2v) is 4.17. The van der Waals surface area contributed by atoms with Crippen LogP contribution < -0.4 is 5.32 Å². The van der Waals surface area contributed by atoms with E-state index < -0.39 is 12.2 Å². The van der Waals surface area contributed by atoms with Crippen LogP contribution in [0.25, 0.3) is 0 Å². The van der Waals surface area contributed by atoms with Gasteiger partial charge in [0.2, 0.25) is 0 Å². The Morgan fingerprint density at radius 1 is 1.15 bits per heavy atom. The van der Waals surface area contributed by atoms with Crippen LogP contribution in [-0.2, 0) is 0 Å². The SMILES string of the molecule is CC(C)C[C@@H]1N[C@@H](CO)[C@H](O)[C@@H]1O. The molecule has 0 amide bonds. The first-order valence-corrected chi connectivity index (χ1v) is 4.79. The summed E-state index contributed by atoms with van der Waals surface area (Å²) < 4.78 is 0. The standard InChI is InChI=1S/C9H19NO3/c1-5(2)3-6-8(12)9(13)7(4-11)10-6/h5-13H,3-4H2,1-2H3/t6-,7-,8+,9-/m0/s1. The Labute approximate surface area is 78.6 Å². The van der Waals surface area contributed by atoms with E-state index in [9.17, 15) is 10.2 Å². The quantitative estimate of drug-likeness (QED) is 0.463. The molecule has 78 valence electrons. The van der Waals surface area contributed by atoms with Crippen LogP contribution in [0.2, 0.25) is 0 Å². The average molecular weight is 189 g/mol. The van der Waals surface area contributed by atoms with Crippen LogP contribution in [-0.4, -0.2) is 46.2 Å². The van der Waals surface area contributed by atoms with Crippen molar-refractivity contribution in [3.63, 3.8) is 0 Å². The molecule has 4 nitrogen and oxygen atoms in total. The summed E-state index contributed by atoms with van der Waals surface area (Å²) in [7, 11) is 0. The Kier molecular flexibility index (Phi) is 3.67. The number of rotatable bonds is 3. The van der Waals surface area contributed by atoms with Gasteiger partial charge in [-0.3, -0.25) is 0 Å². The van der Waals surface area contributed by atoms with E-state index in [0.29, 0.717) is 5.92 Å². The van der Waals surface area contributed by atoms with E-state index >= 15 is 0 Å². The number of hydrogen-bond acceptors (Lipinski definition) is 4. The van der Waals surface area contributed by atoms with E-state index in [1.807, 2.05) is 0 Å². The van der Waals surface area contributed by atoms with Crippen molar-refractivity contribution in [3.05, 3.63) is 0 Å². The Hall–Kier alpha value is -0.160. The molecule has 0 saturated carbocycles. The van der Waals surface area contributed by atoms with Gasteiger partial charge in [0.25, 0.3) is 0 Å². The zero-order valence-corrected chi connectivity index (χ0v) is 8.14. The van der Waals surface area contributed by atoms with Gasteiger partial charge in [0.05, 0.1) is 24.9 Å². The lowest BCUT2D eigenvalue weighted by Gasteiger charge is -2.17. The Balaban J connectivity index is 2.50. The fourth-order valence-corrected chi connectivity index (χ4v) is 1.82. The molecule has 1 aliphatic rings. The van der Waals surface area contributed by atoms with Crippen molar-refractivity contribution in [2.24, 2.45) is 5.92 Å². The molecule has 1 saturated heterocycles. The number of aliphatic hydroxyl groups excluding tert-OH is 3. The van der Waals surface area contributed by atoms with Crippen molar-refractivity contribution in [2.45, 2.75) is 44.6 Å². The monoisotopic (exact) mass is 189 g/mol. The molecule has 4 heteroatoms. The van der Waals surface area contributed by atoms with Gasteiger partial charge in [-0.1, -0.05) is 13.8 Å². The van der Waals surface area contributed by atoms with E-state index in [0.717, 1.165) is 6.42 Å². The predicted molar refractivity (Wildman–Crippen MR) is 49.3 cm³/mol. The van der Waals surface area contributed by atoms with Gasteiger partial charge in [-0.2, -0.15) is 0 Å². The van der Waals surface area contributed by atoms with E-state index in [2.05, 4.69) is 19.2 Å². The van der Waals surface area contributed by atoms with E-state index in [-0.39, 0.29) is 18.7 Å². The van der Waals surface area contributed by atoms with Crippen LogP contribution in [0.15, 0.2) is 0 Å². The average Bonchev–Trinajstić information content (AvgIpc) is 2.32. The second kappa shape index (κ2) is 4.37. The lowest BCUT2D eigenvalue weighted by atomic mass is 9.99. The Morgan fingerprint density at radius 2 is 1.69 bits per heavy atom. The molecule has 1 heterocycles. The van der Waals surface area contributed by atoms with Gasteiger partial charge in [-0.15, -0.1) is 0 Å². The molecule has 4 atom stereocenters. The van der Waals surface area contributed by atoms with Crippen LogP contribution >= 0.6 is 0 Å². The summed E-state index contributed by atoms with van der Waals surface area (Å²) in [4.78, 5) is 0. The highest BCUT2D eigenvalue weighted by Crippen LogP contribution is 2.19. The molecule has 0 radical (unpaired) electrons. The van der Waals surface area contributed by atoms with Crippen molar-refractivity contribution in [1.82, 2.24) is 5.32 Å². The van der Waals surface area contributed by atoms with Crippen LogP contribution in [0.5, 0.6) is 0 Å². The highest BCUT2D eigenvalue weighted by molar-refractivity contribution is 4.97. The van der Waals surface area contributed by atoms with Crippen molar-refractivity contribution >= 4 is 0 Å². The molecule has 0 bridgehead atoms. The number of aliphatic hydroxyl groups is 3. The molecule has 1 aliphatic heterocycles. The fourth-order valence-electron chi connectivity index (χ4n) is 1.82. The first kappa shape index (κ1) is 10.9. The summed E-state index contributed by atoms with van der Waals surface area (Å²) in [5, 5.41) is 30.9. The van der Waals surface area contributed by atoms with Crippen LogP contribution in [0, 0.1) is 5.92 Å². The summed E-state index contributed by atoms with van der Waals surface area (Å²) in [6.45, 7) is 3.99. The predicted octanol–water partition coefficient (Wildman–Crippen LogP) is -0.913. The van der Waals surface area contributed by atoms with E-state index in [4.69, 9.17) is 5.11 Å². The highest BCUT2D eigenvalue weighted by Gasteiger charge is 2.40. The van der Waals surface area contributed by atoms with Crippen molar-refractivity contribution in [3.8, 4) is 0 Å². The smallest absolute Gasteiger partial charge is 0.0989 e. The first-order chi connectivity index (χ1) is 6.06. The third-order valence-electron chi connectivity index (χ3n) is 2.52. The maximum atomic E-state index is 9.58. The molecule has 0 aromatic heterocycles. The van der Waals surface area contributed by atoms with Gasteiger partial charge >= 0.3 is 0 Å². The zero-order chi connectivity index (χ0) is 10.0. The Bertz CT molecular complexity index is 163. The number of hydrogen-bond donors (Lipinski definition) is 4. The minimum absolute atomic E-state index is 0.0906. The topological polar surface area (TPSA) is 72.7 Å². The van der Waals surface area contributed by atoms with Gasteiger partial charge in [0.15, 0.2) is 0 Å². The van der Waals surface area contributed by atoms with E-state index in [1.54, 1.807) is 0 Å². The van der Waals surface area contributed by atoms with E-state index in [1.165, 1.54) is 0 Å². The maximum absolute atomic E-state index is 9.58. The van der Waals surface area contributed by atoms with Crippen LogP contribution in [0.1, 0.15) is 20.3 Å². The molecular weight excluding hydrogens is 170 g/mol. The minimum Gasteiger partial charge on any atom is -0.395 e. The largest absolute Gasteiger partial charge is 0.395 e. The van der Waals surface area contributed by atoms with Crippen LogP contribution in [0.4, 0.5) is 0 Å². The lowest BCUT2D eigenvalue weighted by Crippen LogP contribution is -2.36. The maximum Gasteiger partial charge on any atom is 0.0989 e. The number of nitrogens with one attached hydrogen (secondary N) is 1. The van der Waals surface area contributed by atoms with Gasteiger partial charge in [-0.05, 0) is 12.3 Å². The summed E-state index contributed by atoms with van der Waals surface area (Å²) in [5.74, 6) is 0.469. The highest BCUT2D eigenvalue weighted by atomic mass is 16.3. The second-order valence-electron chi connectivity index (χ2n) is 4.17. The third-order valence-corrected chi connectivity index (χ3v) is 2.52. The van der Waals surface area contributed by atoms with Gasteiger partial charge < -0.3 is 20.6 Å². The summed E-state index contributed by atoms with van der Waals surface area (Å²) in [6.07, 6.45) is -0.775. The molecular formula is C9H19NO3. The molecule has 4 N–H and O–H groups in total. The molecule has 13 heavy (non-hydrogen) atoms. The van der Waals surface area contributed by atoms with Crippen molar-refractivity contribution < 1.29 is 15.3 Å². The molecule has 1 rings (SSSR count). The molecule has 0 spiro atoms. The summed E-state index contributed by atoms with van der Waals surface area (Å²) in [5.41, 5.74) is 0. The molecule has 1 fully saturated rings.